The van der Waals surface area contributed by atoms with E-state index in [-0.39, 0.29) is 5.82 Å². The third kappa shape index (κ3) is 3.10. The van der Waals surface area contributed by atoms with Crippen molar-refractivity contribution in [2.45, 2.75) is 20.0 Å². The monoisotopic (exact) mass is 388 g/mol. The summed E-state index contributed by atoms with van der Waals surface area (Å²) in [6.45, 7) is 2.63. The van der Waals surface area contributed by atoms with Crippen molar-refractivity contribution in [3.8, 4) is 11.6 Å². The van der Waals surface area contributed by atoms with Crippen LogP contribution in [-0.2, 0) is 13.1 Å². The number of hydrogen-bond acceptors (Lipinski definition) is 4. The summed E-state index contributed by atoms with van der Waals surface area (Å²) in [6, 6.07) is 17.8. The first kappa shape index (κ1) is 17.4. The molecule has 2 aromatic heterocycles. The van der Waals surface area contributed by atoms with Crippen LogP contribution in [0.3, 0.4) is 0 Å². The second-order valence-electron chi connectivity index (χ2n) is 7.01. The van der Waals surface area contributed by atoms with E-state index in [0.29, 0.717) is 24.6 Å². The standard InChI is InChI=1S/C22H17FN4O2/c1-14-19-11-16-13-26(12-15-7-9-17(23)10-8-15)22(28)29-21(16)24-20(19)27(25-14)18-5-3-2-4-6-18/h2-11H,12-13H2,1H3. The second kappa shape index (κ2) is 6.70. The third-order valence-corrected chi connectivity index (χ3v) is 4.97. The Labute approximate surface area is 166 Å². The third-order valence-electron chi connectivity index (χ3n) is 4.97. The van der Waals surface area contributed by atoms with Crippen molar-refractivity contribution in [2.24, 2.45) is 0 Å². The van der Waals surface area contributed by atoms with Crippen molar-refractivity contribution in [1.29, 1.82) is 0 Å². The Balaban J connectivity index is 1.51. The van der Waals surface area contributed by atoms with Gasteiger partial charge in [-0.1, -0.05) is 30.3 Å². The molecular weight excluding hydrogens is 371 g/mol. The van der Waals surface area contributed by atoms with Crippen LogP contribution in [0.5, 0.6) is 5.88 Å². The largest absolute Gasteiger partial charge is 0.417 e. The average Bonchev–Trinajstić information content (AvgIpc) is 3.05. The fourth-order valence-corrected chi connectivity index (χ4v) is 3.51. The van der Waals surface area contributed by atoms with Gasteiger partial charge in [-0.25, -0.2) is 13.9 Å². The fraction of sp³-hybridized carbons (Fsp3) is 0.136. The highest BCUT2D eigenvalue weighted by atomic mass is 19.1. The molecule has 0 bridgehead atoms. The number of para-hydroxylation sites is 1. The Morgan fingerprint density at radius 1 is 1.10 bits per heavy atom. The van der Waals surface area contributed by atoms with Gasteiger partial charge < -0.3 is 4.74 Å². The van der Waals surface area contributed by atoms with Gasteiger partial charge in [0.2, 0.25) is 5.88 Å². The van der Waals surface area contributed by atoms with Crippen LogP contribution in [0.2, 0.25) is 0 Å². The van der Waals surface area contributed by atoms with Gasteiger partial charge in [-0.15, -0.1) is 0 Å². The van der Waals surface area contributed by atoms with Gasteiger partial charge in [0.15, 0.2) is 5.65 Å². The number of halogens is 1. The smallest absolute Gasteiger partial charge is 0.391 e. The van der Waals surface area contributed by atoms with Crippen molar-refractivity contribution in [3.63, 3.8) is 0 Å². The van der Waals surface area contributed by atoms with Crippen LogP contribution < -0.4 is 4.74 Å². The number of aromatic nitrogens is 3. The molecule has 6 nitrogen and oxygen atoms in total. The van der Waals surface area contributed by atoms with E-state index < -0.39 is 6.09 Å². The summed E-state index contributed by atoms with van der Waals surface area (Å²) in [7, 11) is 0. The van der Waals surface area contributed by atoms with Gasteiger partial charge in [0.25, 0.3) is 0 Å². The van der Waals surface area contributed by atoms with Gasteiger partial charge >= 0.3 is 6.09 Å². The number of pyridine rings is 1. The van der Waals surface area contributed by atoms with Gasteiger partial charge in [-0.05, 0) is 42.8 Å². The van der Waals surface area contributed by atoms with Gasteiger partial charge in [-0.2, -0.15) is 10.1 Å². The van der Waals surface area contributed by atoms with Crippen molar-refractivity contribution < 1.29 is 13.9 Å². The first-order valence-corrected chi connectivity index (χ1v) is 9.24. The minimum Gasteiger partial charge on any atom is -0.391 e. The first-order chi connectivity index (χ1) is 14.1. The summed E-state index contributed by atoms with van der Waals surface area (Å²) in [6.07, 6.45) is -0.476. The van der Waals surface area contributed by atoms with Crippen LogP contribution in [0, 0.1) is 12.7 Å². The summed E-state index contributed by atoms with van der Waals surface area (Å²) in [5, 5.41) is 5.52. The predicted octanol–water partition coefficient (Wildman–Crippen LogP) is 4.38. The van der Waals surface area contributed by atoms with Crippen molar-refractivity contribution in [1.82, 2.24) is 19.7 Å². The first-order valence-electron chi connectivity index (χ1n) is 9.24. The lowest BCUT2D eigenvalue weighted by atomic mass is 10.1. The number of fused-ring (bicyclic) bond motifs is 2. The summed E-state index contributed by atoms with van der Waals surface area (Å²) in [4.78, 5) is 18.7. The van der Waals surface area contributed by atoms with E-state index in [1.165, 1.54) is 12.1 Å². The van der Waals surface area contributed by atoms with Gasteiger partial charge in [0.1, 0.15) is 5.82 Å². The fourth-order valence-electron chi connectivity index (χ4n) is 3.51. The van der Waals surface area contributed by atoms with E-state index in [0.717, 1.165) is 27.9 Å². The summed E-state index contributed by atoms with van der Waals surface area (Å²) in [5.41, 5.74) is 4.02. The highest BCUT2D eigenvalue weighted by molar-refractivity contribution is 5.83. The number of carbonyl (C=O) groups is 1. The Morgan fingerprint density at radius 2 is 1.86 bits per heavy atom. The number of nitrogens with zero attached hydrogens (tertiary/aromatic N) is 4. The summed E-state index contributed by atoms with van der Waals surface area (Å²) >= 11 is 0. The van der Waals surface area contributed by atoms with Crippen LogP contribution in [0.15, 0.2) is 60.7 Å². The molecule has 1 aliphatic heterocycles. The predicted molar refractivity (Wildman–Crippen MR) is 105 cm³/mol. The molecule has 0 spiro atoms. The lowest BCUT2D eigenvalue weighted by molar-refractivity contribution is 0.133. The topological polar surface area (TPSA) is 60.2 Å². The highest BCUT2D eigenvalue weighted by Crippen LogP contribution is 2.31. The molecule has 0 unspecified atom stereocenters. The molecule has 1 aliphatic rings. The van der Waals surface area contributed by atoms with Crippen molar-refractivity contribution in [2.75, 3.05) is 0 Å². The molecule has 1 amide bonds. The maximum absolute atomic E-state index is 13.1. The zero-order valence-corrected chi connectivity index (χ0v) is 15.7. The number of carbonyl (C=O) groups excluding carboxylic acids is 1. The maximum Gasteiger partial charge on any atom is 0.417 e. The normalized spacial score (nSPS) is 13.4. The minimum absolute atomic E-state index is 0.301. The van der Waals surface area contributed by atoms with Crippen LogP contribution in [0.4, 0.5) is 9.18 Å². The Bertz CT molecular complexity index is 1220. The molecule has 0 saturated heterocycles. The van der Waals surface area contributed by atoms with Gasteiger partial charge in [0, 0.05) is 17.5 Å². The lowest BCUT2D eigenvalue weighted by Gasteiger charge is -2.27. The molecule has 144 valence electrons. The molecule has 0 N–H and O–H groups in total. The van der Waals surface area contributed by atoms with Crippen LogP contribution in [0.1, 0.15) is 16.8 Å². The molecule has 2 aromatic carbocycles. The molecule has 0 fully saturated rings. The van der Waals surface area contributed by atoms with Crippen LogP contribution in [0.25, 0.3) is 16.7 Å². The molecule has 29 heavy (non-hydrogen) atoms. The van der Waals surface area contributed by atoms with Gasteiger partial charge in [0.05, 0.1) is 17.9 Å². The van der Waals surface area contributed by atoms with Crippen molar-refractivity contribution in [3.05, 3.63) is 83.3 Å². The number of amides is 1. The number of rotatable bonds is 3. The van der Waals surface area contributed by atoms with Crippen LogP contribution >= 0.6 is 0 Å². The van der Waals surface area contributed by atoms with Gasteiger partial charge in [-0.3, -0.25) is 4.90 Å². The average molecular weight is 388 g/mol. The Morgan fingerprint density at radius 3 is 2.62 bits per heavy atom. The SMILES string of the molecule is Cc1nn(-c2ccccc2)c2nc3c(cc12)CN(Cc1ccc(F)cc1)C(=O)O3. The number of ether oxygens (including phenoxy) is 1. The van der Waals surface area contributed by atoms with Crippen molar-refractivity contribution >= 4 is 17.1 Å². The molecule has 0 saturated carbocycles. The van der Waals surface area contributed by atoms with Crippen LogP contribution in [-0.4, -0.2) is 25.8 Å². The van der Waals surface area contributed by atoms with E-state index >= 15 is 0 Å². The quantitative estimate of drug-likeness (QED) is 0.523. The van der Waals surface area contributed by atoms with E-state index in [9.17, 15) is 9.18 Å². The molecule has 3 heterocycles. The molecule has 7 heteroatoms. The Hall–Kier alpha value is -3.74. The molecule has 5 rings (SSSR count). The molecule has 0 radical (unpaired) electrons. The second-order valence-corrected chi connectivity index (χ2v) is 7.01. The molecule has 0 atom stereocenters. The zero-order chi connectivity index (χ0) is 20.0. The zero-order valence-electron chi connectivity index (χ0n) is 15.7. The number of aryl methyl sites for hydroxylation is 1. The number of hydrogen-bond donors (Lipinski definition) is 0. The van der Waals surface area contributed by atoms with E-state index in [4.69, 9.17) is 4.74 Å². The molecule has 4 aromatic rings. The van der Waals surface area contributed by atoms with E-state index in [1.807, 2.05) is 43.3 Å². The number of benzene rings is 2. The van der Waals surface area contributed by atoms with E-state index in [2.05, 4.69) is 10.1 Å². The lowest BCUT2D eigenvalue weighted by Crippen LogP contribution is -2.36. The summed E-state index contributed by atoms with van der Waals surface area (Å²) in [5.74, 6) is -0.00671. The Kier molecular flexibility index (Phi) is 4.01. The molecular formula is C22H17FN4O2. The maximum atomic E-state index is 13.1. The molecule has 0 aliphatic carbocycles. The van der Waals surface area contributed by atoms with E-state index in [1.54, 1.807) is 21.7 Å². The summed E-state index contributed by atoms with van der Waals surface area (Å²) < 4.78 is 20.4. The minimum atomic E-state index is -0.476. The highest BCUT2D eigenvalue weighted by Gasteiger charge is 2.28.